The Morgan fingerprint density at radius 2 is 2.09 bits per heavy atom. The molecule has 8 nitrogen and oxygen atoms in total. The van der Waals surface area contributed by atoms with Crippen molar-refractivity contribution in [2.75, 3.05) is 13.7 Å². The van der Waals surface area contributed by atoms with Gasteiger partial charge in [-0.3, -0.25) is 4.79 Å². The molecular weight excluding hydrogens is 593 g/mol. The van der Waals surface area contributed by atoms with Crippen molar-refractivity contribution in [1.82, 2.24) is 9.66 Å². The van der Waals surface area contributed by atoms with Crippen molar-refractivity contribution < 1.29 is 19.0 Å². The third-order valence-corrected chi connectivity index (χ3v) is 5.75. The van der Waals surface area contributed by atoms with Gasteiger partial charge in [0.1, 0.15) is 5.82 Å². The van der Waals surface area contributed by atoms with Crippen LogP contribution in [0.2, 0.25) is 0 Å². The van der Waals surface area contributed by atoms with E-state index in [1.165, 1.54) is 11.8 Å². The molecule has 0 saturated carbocycles. The molecule has 32 heavy (non-hydrogen) atoms. The smallest absolute Gasteiger partial charge is 0.347 e. The first-order chi connectivity index (χ1) is 15.2. The van der Waals surface area contributed by atoms with Gasteiger partial charge in [0.25, 0.3) is 5.56 Å². The first kappa shape index (κ1) is 24.2. The molecule has 0 bridgehead atoms. The lowest BCUT2D eigenvalue weighted by Gasteiger charge is -2.17. The van der Waals surface area contributed by atoms with Crippen molar-refractivity contribution in [3.63, 3.8) is 0 Å². The molecule has 3 rings (SSSR count). The van der Waals surface area contributed by atoms with Gasteiger partial charge in [0.05, 0.1) is 34.4 Å². The number of aryl methyl sites for hydroxylation is 1. The fraction of sp³-hybridized carbons (Fsp3) is 0.273. The molecule has 0 radical (unpaired) electrons. The molecule has 0 fully saturated rings. The van der Waals surface area contributed by atoms with Gasteiger partial charge in [-0.1, -0.05) is 15.9 Å². The zero-order chi connectivity index (χ0) is 23.4. The van der Waals surface area contributed by atoms with Gasteiger partial charge in [-0.25, -0.2) is 9.78 Å². The summed E-state index contributed by atoms with van der Waals surface area (Å²) in [5, 5.41) is 4.81. The number of fused-ring (bicyclic) bond motifs is 1. The van der Waals surface area contributed by atoms with E-state index in [1.807, 2.05) is 12.1 Å². The zero-order valence-electron chi connectivity index (χ0n) is 17.9. The van der Waals surface area contributed by atoms with Crippen molar-refractivity contribution in [1.29, 1.82) is 0 Å². The van der Waals surface area contributed by atoms with E-state index < -0.39 is 12.1 Å². The number of esters is 1. The van der Waals surface area contributed by atoms with Crippen molar-refractivity contribution in [3.05, 3.63) is 60.1 Å². The Morgan fingerprint density at radius 1 is 1.34 bits per heavy atom. The van der Waals surface area contributed by atoms with E-state index in [4.69, 9.17) is 14.2 Å². The normalized spacial score (nSPS) is 12.2. The third kappa shape index (κ3) is 5.29. The van der Waals surface area contributed by atoms with Crippen LogP contribution in [0.25, 0.3) is 10.9 Å². The highest BCUT2D eigenvalue weighted by atomic mass is 127. The fourth-order valence-corrected chi connectivity index (χ4v) is 4.05. The van der Waals surface area contributed by atoms with Gasteiger partial charge >= 0.3 is 5.97 Å². The van der Waals surface area contributed by atoms with Crippen LogP contribution in [0.4, 0.5) is 0 Å². The van der Waals surface area contributed by atoms with Crippen LogP contribution in [0.1, 0.15) is 25.2 Å². The minimum absolute atomic E-state index is 0.269. The van der Waals surface area contributed by atoms with E-state index in [0.717, 1.165) is 4.47 Å². The quantitative estimate of drug-likeness (QED) is 0.224. The second-order valence-electron chi connectivity index (χ2n) is 6.73. The van der Waals surface area contributed by atoms with Gasteiger partial charge in [-0.05, 0) is 79.3 Å². The highest BCUT2D eigenvalue weighted by molar-refractivity contribution is 14.1. The lowest BCUT2D eigenvalue weighted by molar-refractivity contribution is -0.150. The van der Waals surface area contributed by atoms with Crippen molar-refractivity contribution in [3.8, 4) is 11.5 Å². The predicted octanol–water partition coefficient (Wildman–Crippen LogP) is 4.29. The summed E-state index contributed by atoms with van der Waals surface area (Å²) < 4.78 is 19.0. The Morgan fingerprint density at radius 3 is 2.78 bits per heavy atom. The number of ether oxygens (including phenoxy) is 3. The number of nitrogens with zero attached hydrogens (tertiary/aromatic N) is 3. The van der Waals surface area contributed by atoms with Crippen LogP contribution in [-0.2, 0) is 9.53 Å². The Kier molecular flexibility index (Phi) is 7.88. The molecule has 0 aliphatic rings. The van der Waals surface area contributed by atoms with Crippen LogP contribution in [0.15, 0.2) is 44.7 Å². The molecule has 0 N–H and O–H groups in total. The number of carbonyl (C=O) groups is 1. The number of methoxy groups -OCH3 is 1. The number of benzene rings is 2. The van der Waals surface area contributed by atoms with E-state index in [-0.39, 0.29) is 12.2 Å². The molecule has 2 aromatic carbocycles. The molecule has 0 spiro atoms. The molecule has 1 aromatic heterocycles. The maximum atomic E-state index is 12.9. The fourth-order valence-electron chi connectivity index (χ4n) is 2.93. The number of aromatic nitrogens is 2. The molecule has 0 unspecified atom stereocenters. The van der Waals surface area contributed by atoms with Crippen LogP contribution >= 0.6 is 38.5 Å². The predicted molar refractivity (Wildman–Crippen MR) is 134 cm³/mol. The molecule has 0 aliphatic heterocycles. The number of hydrogen-bond donors (Lipinski definition) is 0. The monoisotopic (exact) mass is 613 g/mol. The van der Waals surface area contributed by atoms with E-state index in [2.05, 4.69) is 48.6 Å². The first-order valence-electron chi connectivity index (χ1n) is 9.69. The SMILES string of the molecule is CCOC(=O)[C@H](C)Oc1c(I)cc(C=Nn2c(C)nc3ccc(Br)cc3c2=O)cc1OC. The lowest BCUT2D eigenvalue weighted by atomic mass is 10.2. The molecule has 1 atom stereocenters. The molecule has 3 aromatic rings. The summed E-state index contributed by atoms with van der Waals surface area (Å²) in [5.41, 5.74) is 1.02. The van der Waals surface area contributed by atoms with Gasteiger partial charge in [0.2, 0.25) is 0 Å². The maximum Gasteiger partial charge on any atom is 0.347 e. The third-order valence-electron chi connectivity index (χ3n) is 4.46. The molecule has 0 saturated heterocycles. The van der Waals surface area contributed by atoms with Crippen molar-refractivity contribution in [2.45, 2.75) is 26.9 Å². The van der Waals surface area contributed by atoms with Gasteiger partial charge in [-0.15, -0.1) is 0 Å². The Labute approximate surface area is 206 Å². The molecule has 168 valence electrons. The van der Waals surface area contributed by atoms with E-state index >= 15 is 0 Å². The molecular formula is C22H21BrIN3O5. The minimum atomic E-state index is -0.791. The largest absolute Gasteiger partial charge is 0.493 e. The summed E-state index contributed by atoms with van der Waals surface area (Å²) in [6, 6.07) is 8.86. The summed E-state index contributed by atoms with van der Waals surface area (Å²) in [6.07, 6.45) is 0.754. The van der Waals surface area contributed by atoms with Crippen LogP contribution in [-0.4, -0.2) is 41.7 Å². The minimum Gasteiger partial charge on any atom is -0.493 e. The molecule has 10 heteroatoms. The van der Waals surface area contributed by atoms with Crippen molar-refractivity contribution >= 4 is 61.6 Å². The van der Waals surface area contributed by atoms with Gasteiger partial charge in [0, 0.05) is 4.47 Å². The second kappa shape index (κ2) is 10.4. The average Bonchev–Trinajstić information content (AvgIpc) is 2.75. The molecule has 1 heterocycles. The molecule has 0 aliphatic carbocycles. The van der Waals surface area contributed by atoms with Gasteiger partial charge in [-0.2, -0.15) is 9.78 Å². The van der Waals surface area contributed by atoms with Crippen LogP contribution in [0, 0.1) is 10.5 Å². The van der Waals surface area contributed by atoms with E-state index in [1.54, 1.807) is 45.2 Å². The van der Waals surface area contributed by atoms with Crippen LogP contribution < -0.4 is 15.0 Å². The topological polar surface area (TPSA) is 92.0 Å². The van der Waals surface area contributed by atoms with Crippen LogP contribution in [0.5, 0.6) is 11.5 Å². The average molecular weight is 614 g/mol. The summed E-state index contributed by atoms with van der Waals surface area (Å²) >= 11 is 5.47. The standard InChI is InChI=1S/C22H21BrIN3O5/c1-5-31-22(29)12(2)32-20-17(24)8-14(9-19(20)30-4)11-25-27-13(3)26-18-7-6-15(23)10-16(18)21(27)28/h6-12H,5H2,1-4H3/t12-/m0/s1. The van der Waals surface area contributed by atoms with Crippen LogP contribution in [0.3, 0.4) is 0 Å². The van der Waals surface area contributed by atoms with Gasteiger partial charge in [0.15, 0.2) is 17.6 Å². The Balaban J connectivity index is 1.95. The highest BCUT2D eigenvalue weighted by Crippen LogP contribution is 2.34. The summed E-state index contributed by atoms with van der Waals surface area (Å²) in [7, 11) is 1.51. The zero-order valence-corrected chi connectivity index (χ0v) is 21.6. The summed E-state index contributed by atoms with van der Waals surface area (Å²) in [4.78, 5) is 29.3. The van der Waals surface area contributed by atoms with Gasteiger partial charge < -0.3 is 14.2 Å². The number of rotatable bonds is 7. The van der Waals surface area contributed by atoms with E-state index in [0.29, 0.717) is 37.4 Å². The van der Waals surface area contributed by atoms with Crippen molar-refractivity contribution in [2.24, 2.45) is 5.10 Å². The van der Waals surface area contributed by atoms with E-state index in [9.17, 15) is 9.59 Å². The maximum absolute atomic E-state index is 12.9. The Bertz CT molecular complexity index is 1260. The number of hydrogen-bond acceptors (Lipinski definition) is 7. The molecule has 0 amide bonds. The number of halogens is 2. The highest BCUT2D eigenvalue weighted by Gasteiger charge is 2.20. The number of carbonyl (C=O) groups excluding carboxylic acids is 1. The Hall–Kier alpha value is -2.47. The first-order valence-corrected chi connectivity index (χ1v) is 11.6. The summed E-state index contributed by atoms with van der Waals surface area (Å²) in [5.74, 6) is 0.864. The second-order valence-corrected chi connectivity index (χ2v) is 8.81. The lowest BCUT2D eigenvalue weighted by Crippen LogP contribution is -2.26. The summed E-state index contributed by atoms with van der Waals surface area (Å²) in [6.45, 7) is 5.34.